The third kappa shape index (κ3) is 7.00. The highest BCUT2D eigenvalue weighted by atomic mass is 35.5. The Bertz CT molecular complexity index is 1160. The molecule has 3 aliphatic rings. The number of piperidine rings is 3. The van der Waals surface area contributed by atoms with Crippen LogP contribution >= 0.6 is 11.6 Å². The minimum atomic E-state index is -0.429. The fourth-order valence-corrected chi connectivity index (χ4v) is 7.45. The standard InChI is InChI=1S/C33H45ClFN3O3/c1-40-30-11-10-25(22-31(30)41-2)33(15-21-36-19-12-26(13-20-36)37-16-4-3-5-17-37)14-7-18-38(24-33)32(39)23-27-28(34)8-6-9-29(27)35/h6,8-11,22,26H,3-5,7,12-21,23-24H2,1-2H3/t33-/m1/s1. The monoisotopic (exact) mass is 585 g/mol. The van der Waals surface area contributed by atoms with Gasteiger partial charge in [-0.3, -0.25) is 4.79 Å². The summed E-state index contributed by atoms with van der Waals surface area (Å²) in [5.41, 5.74) is 1.22. The zero-order valence-corrected chi connectivity index (χ0v) is 25.4. The van der Waals surface area contributed by atoms with Gasteiger partial charge in [0.2, 0.25) is 5.91 Å². The summed E-state index contributed by atoms with van der Waals surface area (Å²) in [5, 5.41) is 0.300. The molecule has 5 rings (SSSR count). The van der Waals surface area contributed by atoms with Crippen molar-refractivity contribution in [2.24, 2.45) is 0 Å². The van der Waals surface area contributed by atoms with Crippen molar-refractivity contribution in [2.75, 3.05) is 60.0 Å². The van der Waals surface area contributed by atoms with Gasteiger partial charge < -0.3 is 24.2 Å². The van der Waals surface area contributed by atoms with E-state index in [1.807, 2.05) is 11.0 Å². The lowest BCUT2D eigenvalue weighted by atomic mass is 9.71. The Labute approximate surface area is 249 Å². The van der Waals surface area contributed by atoms with Crippen molar-refractivity contribution in [3.63, 3.8) is 0 Å². The van der Waals surface area contributed by atoms with Gasteiger partial charge >= 0.3 is 0 Å². The average molecular weight is 586 g/mol. The van der Waals surface area contributed by atoms with E-state index in [0.717, 1.165) is 44.9 Å². The quantitative estimate of drug-likeness (QED) is 0.364. The maximum atomic E-state index is 14.5. The van der Waals surface area contributed by atoms with Crippen LogP contribution in [0.25, 0.3) is 0 Å². The van der Waals surface area contributed by atoms with E-state index >= 15 is 0 Å². The summed E-state index contributed by atoms with van der Waals surface area (Å²) < 4.78 is 25.7. The van der Waals surface area contributed by atoms with Crippen molar-refractivity contribution >= 4 is 17.5 Å². The number of hydrogen-bond acceptors (Lipinski definition) is 5. The number of likely N-dealkylation sites (tertiary alicyclic amines) is 3. The lowest BCUT2D eigenvalue weighted by molar-refractivity contribution is -0.133. The van der Waals surface area contributed by atoms with Crippen LogP contribution in [-0.2, 0) is 16.6 Å². The summed E-state index contributed by atoms with van der Waals surface area (Å²) in [5.74, 6) is 0.892. The van der Waals surface area contributed by atoms with Crippen LogP contribution in [0.1, 0.15) is 62.5 Å². The molecule has 41 heavy (non-hydrogen) atoms. The molecule has 6 nitrogen and oxygen atoms in total. The second-order valence-electron chi connectivity index (χ2n) is 12.1. The molecular weight excluding hydrogens is 541 g/mol. The number of amides is 1. The van der Waals surface area contributed by atoms with Gasteiger partial charge in [-0.1, -0.05) is 30.2 Å². The molecule has 0 aromatic heterocycles. The zero-order chi connectivity index (χ0) is 28.8. The Morgan fingerprint density at radius 2 is 1.73 bits per heavy atom. The summed E-state index contributed by atoms with van der Waals surface area (Å²) in [6, 6.07) is 11.5. The maximum absolute atomic E-state index is 14.5. The van der Waals surface area contributed by atoms with E-state index in [2.05, 4.69) is 21.9 Å². The zero-order valence-electron chi connectivity index (χ0n) is 24.7. The van der Waals surface area contributed by atoms with Crippen LogP contribution in [0.15, 0.2) is 36.4 Å². The molecule has 3 aliphatic heterocycles. The van der Waals surface area contributed by atoms with Gasteiger partial charge in [0.1, 0.15) is 5.82 Å². The molecule has 1 atom stereocenters. The van der Waals surface area contributed by atoms with Crippen LogP contribution in [-0.4, -0.2) is 86.7 Å². The molecule has 8 heteroatoms. The van der Waals surface area contributed by atoms with E-state index in [1.165, 1.54) is 56.8 Å². The van der Waals surface area contributed by atoms with Gasteiger partial charge in [-0.2, -0.15) is 0 Å². The van der Waals surface area contributed by atoms with Gasteiger partial charge in [-0.25, -0.2) is 4.39 Å². The number of nitrogens with zero attached hydrogens (tertiary/aromatic N) is 3. The van der Waals surface area contributed by atoms with Crippen LogP contribution in [0.4, 0.5) is 4.39 Å². The van der Waals surface area contributed by atoms with Gasteiger partial charge in [0.15, 0.2) is 11.5 Å². The number of benzene rings is 2. The van der Waals surface area contributed by atoms with E-state index in [-0.39, 0.29) is 23.3 Å². The molecular formula is C33H45ClFN3O3. The maximum Gasteiger partial charge on any atom is 0.227 e. The summed E-state index contributed by atoms with van der Waals surface area (Å²) >= 11 is 6.28. The van der Waals surface area contributed by atoms with E-state index < -0.39 is 5.82 Å². The Morgan fingerprint density at radius 3 is 2.44 bits per heavy atom. The molecule has 0 bridgehead atoms. The first-order chi connectivity index (χ1) is 19.9. The van der Waals surface area contributed by atoms with Crippen molar-refractivity contribution in [1.82, 2.24) is 14.7 Å². The van der Waals surface area contributed by atoms with Crippen molar-refractivity contribution in [3.05, 3.63) is 58.4 Å². The molecule has 0 spiro atoms. The molecule has 2 aromatic carbocycles. The largest absolute Gasteiger partial charge is 0.493 e. The van der Waals surface area contributed by atoms with Crippen LogP contribution in [0.2, 0.25) is 5.02 Å². The Hall–Kier alpha value is -2.35. The fraction of sp³-hybridized carbons (Fsp3) is 0.606. The van der Waals surface area contributed by atoms with Gasteiger partial charge in [0.25, 0.3) is 0 Å². The van der Waals surface area contributed by atoms with Crippen molar-refractivity contribution in [2.45, 2.75) is 69.2 Å². The third-order valence-corrected chi connectivity index (χ3v) is 10.0. The molecule has 1 amide bonds. The number of carbonyl (C=O) groups is 1. The third-order valence-electron chi connectivity index (χ3n) is 9.69. The Morgan fingerprint density at radius 1 is 0.976 bits per heavy atom. The molecule has 0 saturated carbocycles. The SMILES string of the molecule is COc1ccc([C@@]2(CCN3CCC(N4CCCCC4)CC3)CCCN(C(=O)Cc3c(F)cccc3Cl)C2)cc1OC. The molecule has 0 N–H and O–H groups in total. The second kappa shape index (κ2) is 13.7. The predicted molar refractivity (Wildman–Crippen MR) is 162 cm³/mol. The topological polar surface area (TPSA) is 45.2 Å². The number of carbonyl (C=O) groups excluding carboxylic acids is 1. The van der Waals surface area contributed by atoms with Gasteiger partial charge in [-0.15, -0.1) is 0 Å². The first kappa shape index (κ1) is 30.1. The number of halogens is 2. The van der Waals surface area contributed by atoms with Gasteiger partial charge in [0, 0.05) is 35.1 Å². The molecule has 3 saturated heterocycles. The molecule has 3 heterocycles. The van der Waals surface area contributed by atoms with Crippen LogP contribution < -0.4 is 9.47 Å². The minimum absolute atomic E-state index is 0.0302. The van der Waals surface area contributed by atoms with Gasteiger partial charge in [0.05, 0.1) is 20.6 Å². The summed E-state index contributed by atoms with van der Waals surface area (Å²) in [6.07, 6.45) is 9.31. The van der Waals surface area contributed by atoms with Crippen LogP contribution in [0, 0.1) is 5.82 Å². The molecule has 3 fully saturated rings. The lowest BCUT2D eigenvalue weighted by Gasteiger charge is -2.45. The van der Waals surface area contributed by atoms with E-state index in [9.17, 15) is 9.18 Å². The van der Waals surface area contributed by atoms with Crippen LogP contribution in [0.5, 0.6) is 11.5 Å². The van der Waals surface area contributed by atoms with E-state index in [0.29, 0.717) is 29.6 Å². The Kier molecular flexibility index (Phi) is 10.1. The summed E-state index contributed by atoms with van der Waals surface area (Å²) in [6.45, 7) is 7.01. The predicted octanol–water partition coefficient (Wildman–Crippen LogP) is 5.94. The van der Waals surface area contributed by atoms with E-state index in [4.69, 9.17) is 21.1 Å². The van der Waals surface area contributed by atoms with Gasteiger partial charge in [-0.05, 0) is 107 Å². The number of hydrogen-bond donors (Lipinski definition) is 0. The number of rotatable bonds is 9. The van der Waals surface area contributed by atoms with Crippen molar-refractivity contribution in [1.29, 1.82) is 0 Å². The highest BCUT2D eigenvalue weighted by Gasteiger charge is 2.40. The molecule has 0 unspecified atom stereocenters. The van der Waals surface area contributed by atoms with E-state index in [1.54, 1.807) is 26.4 Å². The highest BCUT2D eigenvalue weighted by molar-refractivity contribution is 6.31. The number of methoxy groups -OCH3 is 2. The first-order valence-electron chi connectivity index (χ1n) is 15.3. The smallest absolute Gasteiger partial charge is 0.227 e. The highest BCUT2D eigenvalue weighted by Crippen LogP contribution is 2.41. The summed E-state index contributed by atoms with van der Waals surface area (Å²) in [4.78, 5) is 20.8. The molecule has 224 valence electrons. The fourth-order valence-electron chi connectivity index (χ4n) is 7.22. The average Bonchev–Trinajstić information content (AvgIpc) is 3.02. The molecule has 0 aliphatic carbocycles. The second-order valence-corrected chi connectivity index (χ2v) is 12.5. The minimum Gasteiger partial charge on any atom is -0.493 e. The van der Waals surface area contributed by atoms with Crippen LogP contribution in [0.3, 0.4) is 0 Å². The molecule has 0 radical (unpaired) electrons. The van der Waals surface area contributed by atoms with Crippen molar-refractivity contribution in [3.8, 4) is 11.5 Å². The first-order valence-corrected chi connectivity index (χ1v) is 15.7. The Balaban J connectivity index is 1.32. The summed E-state index contributed by atoms with van der Waals surface area (Å²) in [7, 11) is 3.31. The van der Waals surface area contributed by atoms with Crippen molar-refractivity contribution < 1.29 is 18.7 Å². The number of ether oxygens (including phenoxy) is 2. The normalized spacial score (nSPS) is 23.0. The molecule has 2 aromatic rings. The lowest BCUT2D eigenvalue weighted by Crippen LogP contribution is -2.51.